The number of terminal acetylenes is 1. The van der Waals surface area contributed by atoms with Crippen LogP contribution in [0.4, 0.5) is 37.7 Å². The molecule has 6 N–H and O–H groups in total. The van der Waals surface area contributed by atoms with Crippen LogP contribution in [0.5, 0.6) is 0 Å². The third kappa shape index (κ3) is 14.0. The molecule has 0 aliphatic carbocycles. The number of nitriles is 2. The fourth-order valence-corrected chi connectivity index (χ4v) is 3.24. The van der Waals surface area contributed by atoms with Gasteiger partial charge in [0.1, 0.15) is 29.8 Å². The molecule has 2 amide bonds. The summed E-state index contributed by atoms with van der Waals surface area (Å²) in [5.74, 6) is -2.52. The predicted molar refractivity (Wildman–Crippen MR) is 158 cm³/mol. The zero-order valence-electron chi connectivity index (χ0n) is 23.8. The molecule has 0 aliphatic rings. The SMILES string of the molecule is C.C#CC(O)C/C(O)=C(\C#N)C(=O)Nc1ccc(C(F)(F)F)cc1.N#C/C(C(=O)Nc1ccc(C(F)(F)F)cc1)=C(/O)CCCC(=O)O. The summed E-state index contributed by atoms with van der Waals surface area (Å²) in [6, 6.07) is 10.00. The lowest BCUT2D eigenvalue weighted by atomic mass is 10.1. The average molecular weight is 683 g/mol. The zero-order chi connectivity index (χ0) is 35.9. The molecule has 256 valence electrons. The first-order valence-electron chi connectivity index (χ1n) is 12.8. The van der Waals surface area contributed by atoms with Crippen molar-refractivity contribution in [3.05, 3.63) is 82.3 Å². The maximum absolute atomic E-state index is 12.4. The monoisotopic (exact) mass is 682 g/mol. The van der Waals surface area contributed by atoms with Crippen molar-refractivity contribution in [2.75, 3.05) is 10.6 Å². The van der Waals surface area contributed by atoms with E-state index in [0.29, 0.717) is 0 Å². The summed E-state index contributed by atoms with van der Waals surface area (Å²) in [5.41, 5.74) is -3.10. The Morgan fingerprint density at radius 3 is 1.42 bits per heavy atom. The van der Waals surface area contributed by atoms with E-state index in [1.165, 1.54) is 12.1 Å². The molecule has 0 saturated heterocycles. The molecule has 0 saturated carbocycles. The van der Waals surface area contributed by atoms with E-state index in [-0.39, 0.29) is 38.1 Å². The van der Waals surface area contributed by atoms with E-state index in [4.69, 9.17) is 22.1 Å². The summed E-state index contributed by atoms with van der Waals surface area (Å²) in [6.07, 6.45) is -6.40. The molecule has 0 radical (unpaired) electrons. The molecule has 0 spiro atoms. The van der Waals surface area contributed by atoms with E-state index in [1.807, 2.05) is 5.92 Å². The van der Waals surface area contributed by atoms with Crippen molar-refractivity contribution < 1.29 is 61.2 Å². The number of carboxylic acid groups (broad SMARTS) is 1. The van der Waals surface area contributed by atoms with Crippen LogP contribution in [0.1, 0.15) is 44.2 Å². The quantitative estimate of drug-likeness (QED) is 0.0551. The van der Waals surface area contributed by atoms with Crippen LogP contribution < -0.4 is 10.6 Å². The minimum atomic E-state index is -4.51. The molecule has 1 atom stereocenters. The summed E-state index contributed by atoms with van der Waals surface area (Å²) in [7, 11) is 0. The minimum absolute atomic E-state index is 0. The fourth-order valence-electron chi connectivity index (χ4n) is 3.24. The Morgan fingerprint density at radius 1 is 0.729 bits per heavy atom. The smallest absolute Gasteiger partial charge is 0.416 e. The number of halogens is 6. The highest BCUT2D eigenvalue weighted by molar-refractivity contribution is 6.07. The van der Waals surface area contributed by atoms with Crippen molar-refractivity contribution in [1.82, 2.24) is 0 Å². The maximum Gasteiger partial charge on any atom is 0.416 e. The number of amides is 2. The first-order valence-corrected chi connectivity index (χ1v) is 12.8. The number of benzene rings is 2. The van der Waals surface area contributed by atoms with Gasteiger partial charge in [-0.3, -0.25) is 14.4 Å². The second-order valence-electron chi connectivity index (χ2n) is 9.06. The summed E-state index contributed by atoms with van der Waals surface area (Å²) in [6.45, 7) is 0. The van der Waals surface area contributed by atoms with E-state index in [2.05, 4.69) is 10.6 Å². The Balaban J connectivity index is 0.000000902. The topological polar surface area (TPSA) is 204 Å². The first kappa shape index (κ1) is 42.0. The molecule has 0 bridgehead atoms. The number of allylic oxidation sites excluding steroid dienone is 1. The number of hydrogen-bond acceptors (Lipinski definition) is 8. The molecule has 2 aromatic rings. The Kier molecular flexibility index (Phi) is 16.5. The molecule has 48 heavy (non-hydrogen) atoms. The van der Waals surface area contributed by atoms with Crippen LogP contribution in [0.25, 0.3) is 0 Å². The second-order valence-corrected chi connectivity index (χ2v) is 9.06. The molecule has 0 aliphatic heterocycles. The molecule has 11 nitrogen and oxygen atoms in total. The van der Waals surface area contributed by atoms with Gasteiger partial charge >= 0.3 is 18.3 Å². The van der Waals surface area contributed by atoms with Gasteiger partial charge in [-0.25, -0.2) is 0 Å². The number of carbonyl (C=O) groups is 3. The van der Waals surface area contributed by atoms with Crippen LogP contribution in [0.15, 0.2) is 71.2 Å². The highest BCUT2D eigenvalue weighted by Crippen LogP contribution is 2.31. The number of alkyl halides is 6. The number of carboxylic acids is 1. The van der Waals surface area contributed by atoms with Gasteiger partial charge in [0, 0.05) is 30.6 Å². The van der Waals surface area contributed by atoms with Gasteiger partial charge in [0.15, 0.2) is 11.1 Å². The van der Waals surface area contributed by atoms with E-state index in [9.17, 15) is 56.0 Å². The second kappa shape index (κ2) is 18.9. The number of hydrogen-bond donors (Lipinski definition) is 6. The highest BCUT2D eigenvalue weighted by atomic mass is 19.4. The maximum atomic E-state index is 12.4. The van der Waals surface area contributed by atoms with Gasteiger partial charge in [-0.05, 0) is 55.0 Å². The number of anilines is 2. The first-order chi connectivity index (χ1) is 21.8. The summed E-state index contributed by atoms with van der Waals surface area (Å²) in [4.78, 5) is 34.1. The molecule has 0 aromatic heterocycles. The number of aliphatic hydroxyl groups excluding tert-OH is 3. The third-order valence-electron chi connectivity index (χ3n) is 5.58. The number of aliphatic carboxylic acids is 1. The largest absolute Gasteiger partial charge is 0.511 e. The van der Waals surface area contributed by atoms with Crippen LogP contribution in [-0.4, -0.2) is 44.3 Å². The molecular formula is C31H28F6N4O7. The third-order valence-corrected chi connectivity index (χ3v) is 5.58. The molecule has 2 aromatic carbocycles. The lowest BCUT2D eigenvalue weighted by molar-refractivity contribution is -0.138. The Bertz CT molecular complexity index is 1630. The van der Waals surface area contributed by atoms with Crippen LogP contribution >= 0.6 is 0 Å². The van der Waals surface area contributed by atoms with Gasteiger partial charge in [-0.2, -0.15) is 36.9 Å². The lowest BCUT2D eigenvalue weighted by Crippen LogP contribution is -2.17. The van der Waals surface area contributed by atoms with E-state index in [1.54, 1.807) is 0 Å². The van der Waals surface area contributed by atoms with Gasteiger partial charge in [-0.1, -0.05) is 13.3 Å². The summed E-state index contributed by atoms with van der Waals surface area (Å²) < 4.78 is 74.5. The predicted octanol–water partition coefficient (Wildman–Crippen LogP) is 6.23. The van der Waals surface area contributed by atoms with E-state index >= 15 is 0 Å². The van der Waals surface area contributed by atoms with Crippen LogP contribution in [-0.2, 0) is 26.7 Å². The van der Waals surface area contributed by atoms with Gasteiger partial charge in [0.05, 0.1) is 11.1 Å². The molecule has 0 heterocycles. The van der Waals surface area contributed by atoms with Crippen molar-refractivity contribution >= 4 is 29.2 Å². The minimum Gasteiger partial charge on any atom is -0.511 e. The average Bonchev–Trinajstić information content (AvgIpc) is 2.97. The van der Waals surface area contributed by atoms with Gasteiger partial charge in [0.2, 0.25) is 0 Å². The number of nitrogens with zero attached hydrogens (tertiary/aromatic N) is 2. The number of nitrogens with one attached hydrogen (secondary N) is 2. The van der Waals surface area contributed by atoms with E-state index < -0.39 is 76.5 Å². The number of carbonyl (C=O) groups excluding carboxylic acids is 2. The van der Waals surface area contributed by atoms with Gasteiger partial charge in [-0.15, -0.1) is 6.42 Å². The van der Waals surface area contributed by atoms with E-state index in [0.717, 1.165) is 48.5 Å². The zero-order valence-corrected chi connectivity index (χ0v) is 23.8. The Morgan fingerprint density at radius 2 is 1.10 bits per heavy atom. The van der Waals surface area contributed by atoms with Gasteiger partial charge < -0.3 is 31.1 Å². The summed E-state index contributed by atoms with van der Waals surface area (Å²) >= 11 is 0. The molecular weight excluding hydrogens is 654 g/mol. The Hall–Kier alpha value is -5.99. The highest BCUT2D eigenvalue weighted by Gasteiger charge is 2.31. The molecule has 1 unspecified atom stereocenters. The summed E-state index contributed by atoms with van der Waals surface area (Å²) in [5, 5.41) is 59.1. The van der Waals surface area contributed by atoms with Crippen molar-refractivity contribution in [3.8, 4) is 24.5 Å². The van der Waals surface area contributed by atoms with Crippen LogP contribution in [0, 0.1) is 35.0 Å². The van der Waals surface area contributed by atoms with Crippen molar-refractivity contribution in [1.29, 1.82) is 10.5 Å². The fraction of sp³-hybridized carbons (Fsp3) is 0.258. The molecule has 17 heteroatoms. The molecule has 2 rings (SSSR count). The normalized spacial score (nSPS) is 12.4. The van der Waals surface area contributed by atoms with Crippen LogP contribution in [0.2, 0.25) is 0 Å². The number of aliphatic hydroxyl groups is 3. The lowest BCUT2D eigenvalue weighted by Gasteiger charge is -2.09. The van der Waals surface area contributed by atoms with Crippen molar-refractivity contribution in [2.24, 2.45) is 0 Å². The van der Waals surface area contributed by atoms with Gasteiger partial charge in [0.25, 0.3) is 11.8 Å². The standard InChI is InChI=1S/C15H13F3N2O4.C15H11F3N2O3.CH4/c16-15(17,18)9-4-6-10(7-5-9)20-14(24)11(8-19)12(21)2-1-3-13(22)23;1-2-11(21)7-13(22)12(8-19)14(23)20-10-5-3-9(4-6-10)15(16,17)18;/h4-7,21H,1-3H2,(H,20,24)(H,22,23);1,3-6,11,21-22H,7H2,(H,20,23);1H4/b12-11-;13-12-;. The van der Waals surface area contributed by atoms with Crippen molar-refractivity contribution in [2.45, 2.75) is 51.6 Å². The number of rotatable bonds is 10. The van der Waals surface area contributed by atoms with Crippen molar-refractivity contribution in [3.63, 3.8) is 0 Å². The van der Waals surface area contributed by atoms with Crippen LogP contribution in [0.3, 0.4) is 0 Å². The molecule has 0 fully saturated rings. The Labute approximate surface area is 270 Å².